The van der Waals surface area contributed by atoms with E-state index in [-0.39, 0.29) is 6.04 Å². The molecule has 0 aromatic heterocycles. The molecule has 1 aromatic carbocycles. The molecule has 1 unspecified atom stereocenters. The monoisotopic (exact) mass is 275 g/mol. The van der Waals surface area contributed by atoms with Gasteiger partial charge in [-0.3, -0.25) is 4.79 Å². The molecule has 1 rings (SSSR count). The van der Waals surface area contributed by atoms with Crippen molar-refractivity contribution in [3.63, 3.8) is 0 Å². The lowest BCUT2D eigenvalue weighted by molar-refractivity contribution is -0.139. The van der Waals surface area contributed by atoms with Crippen molar-refractivity contribution in [1.82, 2.24) is 5.32 Å². The summed E-state index contributed by atoms with van der Waals surface area (Å²) in [7, 11) is 0. The standard InChI is InChI=1S/C17H25NO2/c1-13(2)8-7-9-14(3)18-16(17(19)20)12-15-10-5-4-6-11-15/h4-6,8,10-11,14,16,18H,7,9,12H2,1-3H3,(H,19,20)/t14?,16-/m0/s1. The zero-order chi connectivity index (χ0) is 15.0. The molecule has 0 saturated heterocycles. The van der Waals surface area contributed by atoms with Crippen LogP contribution in [0.25, 0.3) is 0 Å². The van der Waals surface area contributed by atoms with Crippen molar-refractivity contribution in [3.05, 3.63) is 47.5 Å². The Morgan fingerprint density at radius 3 is 2.50 bits per heavy atom. The predicted molar refractivity (Wildman–Crippen MR) is 82.8 cm³/mol. The SMILES string of the molecule is CC(C)=CCCC(C)N[C@@H](Cc1ccccc1)C(=O)O. The molecule has 0 heterocycles. The molecule has 0 amide bonds. The van der Waals surface area contributed by atoms with Crippen LogP contribution in [0, 0.1) is 0 Å². The van der Waals surface area contributed by atoms with Crippen molar-refractivity contribution in [2.45, 2.75) is 52.1 Å². The van der Waals surface area contributed by atoms with Crippen molar-refractivity contribution in [1.29, 1.82) is 0 Å². The summed E-state index contributed by atoms with van der Waals surface area (Å²) in [6, 6.07) is 9.40. The summed E-state index contributed by atoms with van der Waals surface area (Å²) in [4.78, 5) is 11.3. The van der Waals surface area contributed by atoms with Gasteiger partial charge in [0.1, 0.15) is 6.04 Å². The minimum Gasteiger partial charge on any atom is -0.480 e. The number of allylic oxidation sites excluding steroid dienone is 2. The molecule has 2 N–H and O–H groups in total. The van der Waals surface area contributed by atoms with Crippen LogP contribution in [0.5, 0.6) is 0 Å². The number of benzene rings is 1. The van der Waals surface area contributed by atoms with Gasteiger partial charge in [-0.15, -0.1) is 0 Å². The largest absolute Gasteiger partial charge is 0.480 e. The van der Waals surface area contributed by atoms with E-state index in [1.807, 2.05) is 37.3 Å². The van der Waals surface area contributed by atoms with E-state index in [1.165, 1.54) is 5.57 Å². The molecule has 2 atom stereocenters. The quantitative estimate of drug-likeness (QED) is 0.715. The third kappa shape index (κ3) is 6.53. The molecule has 1 aromatic rings. The lowest BCUT2D eigenvalue weighted by atomic mass is 10.0. The van der Waals surface area contributed by atoms with Crippen LogP contribution in [0.4, 0.5) is 0 Å². The Labute approximate surface area is 121 Å². The van der Waals surface area contributed by atoms with E-state index in [9.17, 15) is 9.90 Å². The van der Waals surface area contributed by atoms with Crippen molar-refractivity contribution >= 4 is 5.97 Å². The van der Waals surface area contributed by atoms with Gasteiger partial charge in [0.15, 0.2) is 0 Å². The van der Waals surface area contributed by atoms with E-state index in [4.69, 9.17) is 0 Å². The zero-order valence-corrected chi connectivity index (χ0v) is 12.6. The third-order valence-electron chi connectivity index (χ3n) is 3.22. The summed E-state index contributed by atoms with van der Waals surface area (Å²) in [6.07, 6.45) is 4.63. The fourth-order valence-electron chi connectivity index (χ4n) is 2.12. The van der Waals surface area contributed by atoms with Crippen LogP contribution in [0.2, 0.25) is 0 Å². The van der Waals surface area contributed by atoms with E-state index < -0.39 is 12.0 Å². The average molecular weight is 275 g/mol. The first-order chi connectivity index (χ1) is 9.49. The van der Waals surface area contributed by atoms with Crippen LogP contribution in [0.1, 0.15) is 39.2 Å². The highest BCUT2D eigenvalue weighted by Crippen LogP contribution is 2.07. The van der Waals surface area contributed by atoms with E-state index in [2.05, 4.69) is 25.2 Å². The second-order valence-electron chi connectivity index (χ2n) is 5.51. The first-order valence-corrected chi connectivity index (χ1v) is 7.15. The van der Waals surface area contributed by atoms with Gasteiger partial charge in [0, 0.05) is 6.04 Å². The first kappa shape index (κ1) is 16.4. The maximum absolute atomic E-state index is 11.3. The second-order valence-corrected chi connectivity index (χ2v) is 5.51. The number of nitrogens with one attached hydrogen (secondary N) is 1. The molecular weight excluding hydrogens is 250 g/mol. The van der Waals surface area contributed by atoms with Crippen molar-refractivity contribution < 1.29 is 9.90 Å². The zero-order valence-electron chi connectivity index (χ0n) is 12.6. The summed E-state index contributed by atoms with van der Waals surface area (Å²) < 4.78 is 0. The molecule has 110 valence electrons. The Morgan fingerprint density at radius 1 is 1.30 bits per heavy atom. The number of carbonyl (C=O) groups is 1. The Bertz CT molecular complexity index is 436. The normalized spacial score (nSPS) is 13.6. The fraction of sp³-hybridized carbons (Fsp3) is 0.471. The topological polar surface area (TPSA) is 49.3 Å². The van der Waals surface area contributed by atoms with E-state index in [0.717, 1.165) is 18.4 Å². The fourth-order valence-corrected chi connectivity index (χ4v) is 2.12. The maximum Gasteiger partial charge on any atom is 0.321 e. The number of carboxylic acid groups (broad SMARTS) is 1. The summed E-state index contributed by atoms with van der Waals surface area (Å²) in [6.45, 7) is 6.20. The van der Waals surface area contributed by atoms with Gasteiger partial charge in [-0.05, 0) is 45.6 Å². The number of carboxylic acids is 1. The molecule has 0 spiro atoms. The molecule has 20 heavy (non-hydrogen) atoms. The number of hydrogen-bond donors (Lipinski definition) is 2. The van der Waals surface area contributed by atoms with Gasteiger partial charge in [-0.1, -0.05) is 42.0 Å². The van der Waals surface area contributed by atoms with Crippen LogP contribution >= 0.6 is 0 Å². The predicted octanol–water partition coefficient (Wildman–Crippen LogP) is 3.41. The second kappa shape index (κ2) is 8.54. The van der Waals surface area contributed by atoms with Crippen molar-refractivity contribution in [3.8, 4) is 0 Å². The van der Waals surface area contributed by atoms with E-state index in [0.29, 0.717) is 6.42 Å². The van der Waals surface area contributed by atoms with Gasteiger partial charge in [0.2, 0.25) is 0 Å². The summed E-state index contributed by atoms with van der Waals surface area (Å²) in [5.74, 6) is -0.789. The van der Waals surface area contributed by atoms with Gasteiger partial charge in [-0.25, -0.2) is 0 Å². The minimum atomic E-state index is -0.789. The Hall–Kier alpha value is -1.61. The van der Waals surface area contributed by atoms with E-state index >= 15 is 0 Å². The Balaban J connectivity index is 2.50. The van der Waals surface area contributed by atoms with Gasteiger partial charge >= 0.3 is 5.97 Å². The van der Waals surface area contributed by atoms with E-state index in [1.54, 1.807) is 0 Å². The molecule has 0 aliphatic carbocycles. The third-order valence-corrected chi connectivity index (χ3v) is 3.22. The number of hydrogen-bond acceptors (Lipinski definition) is 2. The summed E-state index contributed by atoms with van der Waals surface area (Å²) >= 11 is 0. The minimum absolute atomic E-state index is 0.190. The van der Waals surface area contributed by atoms with Crippen LogP contribution in [0.15, 0.2) is 42.0 Å². The molecule has 0 saturated carbocycles. The smallest absolute Gasteiger partial charge is 0.321 e. The maximum atomic E-state index is 11.3. The molecule has 3 heteroatoms. The average Bonchev–Trinajstić information content (AvgIpc) is 2.38. The summed E-state index contributed by atoms with van der Waals surface area (Å²) in [5.41, 5.74) is 2.35. The molecule has 0 fully saturated rings. The Morgan fingerprint density at radius 2 is 1.95 bits per heavy atom. The lowest BCUT2D eigenvalue weighted by Gasteiger charge is -2.20. The highest BCUT2D eigenvalue weighted by Gasteiger charge is 2.19. The molecule has 0 bridgehead atoms. The molecule has 3 nitrogen and oxygen atoms in total. The summed E-state index contributed by atoms with van der Waals surface area (Å²) in [5, 5.41) is 12.5. The molecular formula is C17H25NO2. The molecule has 0 aliphatic heterocycles. The molecule has 0 aliphatic rings. The molecule has 0 radical (unpaired) electrons. The van der Waals surface area contributed by atoms with Gasteiger partial charge in [0.05, 0.1) is 0 Å². The highest BCUT2D eigenvalue weighted by molar-refractivity contribution is 5.74. The Kier molecular flexibility index (Phi) is 7.02. The van der Waals surface area contributed by atoms with Gasteiger partial charge in [0.25, 0.3) is 0 Å². The van der Waals surface area contributed by atoms with Gasteiger partial charge < -0.3 is 10.4 Å². The van der Waals surface area contributed by atoms with Crippen LogP contribution in [0.3, 0.4) is 0 Å². The number of aliphatic carboxylic acids is 1. The number of rotatable bonds is 8. The van der Waals surface area contributed by atoms with Crippen molar-refractivity contribution in [2.24, 2.45) is 0 Å². The van der Waals surface area contributed by atoms with Crippen LogP contribution < -0.4 is 5.32 Å². The van der Waals surface area contributed by atoms with Crippen LogP contribution in [-0.4, -0.2) is 23.2 Å². The van der Waals surface area contributed by atoms with Crippen molar-refractivity contribution in [2.75, 3.05) is 0 Å². The first-order valence-electron chi connectivity index (χ1n) is 7.15. The highest BCUT2D eigenvalue weighted by atomic mass is 16.4. The lowest BCUT2D eigenvalue weighted by Crippen LogP contribution is -2.43. The van der Waals surface area contributed by atoms with Crippen LogP contribution in [-0.2, 0) is 11.2 Å². The van der Waals surface area contributed by atoms with Gasteiger partial charge in [-0.2, -0.15) is 0 Å².